The molecule has 14 heteroatoms. The third kappa shape index (κ3) is 7.47. The Morgan fingerprint density at radius 3 is 2.15 bits per heavy atom. The highest BCUT2D eigenvalue weighted by Gasteiger charge is 2.43. The average Bonchev–Trinajstić information content (AvgIpc) is 2.72. The van der Waals surface area contributed by atoms with E-state index >= 15 is 0 Å². The Hall–Kier alpha value is -3.65. The van der Waals surface area contributed by atoms with Crippen molar-refractivity contribution in [3.05, 3.63) is 41.1 Å². The first kappa shape index (κ1) is 27.4. The third-order valence-electron chi connectivity index (χ3n) is 4.26. The van der Waals surface area contributed by atoms with Gasteiger partial charge < -0.3 is 36.0 Å². The van der Waals surface area contributed by atoms with Crippen LogP contribution in [-0.4, -0.2) is 76.5 Å². The summed E-state index contributed by atoms with van der Waals surface area (Å²) in [5, 5.41) is 28.2. The number of benzene rings is 1. The van der Waals surface area contributed by atoms with Gasteiger partial charge in [-0.2, -0.15) is 13.2 Å². The van der Waals surface area contributed by atoms with E-state index in [4.69, 9.17) is 20.4 Å². The standard InChI is InChI=1S/C17H21N3O6.C2HF3O2/c1-9(8-26-2)14(17(24)25)20-7-12(16(20)23)19-15(22)13(18)10-3-5-11(21)6-4-10;3-2(4,5)1(6)7/h3-6,12-13,21H,7-8,18H2,1-2H3,(H,19,22)(H,24,25);(H,6,7)/t12?,13-;/m1./s1. The van der Waals surface area contributed by atoms with Crippen LogP contribution in [0.4, 0.5) is 13.2 Å². The lowest BCUT2D eigenvalue weighted by atomic mass is 10.0. The van der Waals surface area contributed by atoms with Crippen LogP contribution in [-0.2, 0) is 23.9 Å². The van der Waals surface area contributed by atoms with Crippen LogP contribution in [0.5, 0.6) is 5.75 Å². The number of carboxylic acids is 2. The van der Waals surface area contributed by atoms with Crippen molar-refractivity contribution in [3.8, 4) is 5.75 Å². The number of carbonyl (C=O) groups excluding carboxylic acids is 2. The number of phenolic OH excluding ortho intramolecular Hbond substituents is 1. The number of nitrogens with two attached hydrogens (primary N) is 1. The smallest absolute Gasteiger partial charge is 0.490 e. The van der Waals surface area contributed by atoms with Gasteiger partial charge in [-0.05, 0) is 30.2 Å². The molecule has 1 unspecified atom stereocenters. The Kier molecular flexibility index (Phi) is 9.36. The van der Waals surface area contributed by atoms with E-state index in [-0.39, 0.29) is 24.6 Å². The predicted octanol–water partition coefficient (Wildman–Crippen LogP) is 0.357. The summed E-state index contributed by atoms with van der Waals surface area (Å²) in [6.07, 6.45) is -5.08. The van der Waals surface area contributed by atoms with E-state index < -0.39 is 42.0 Å². The SMILES string of the molecule is COCC(C)=C(C(=O)O)N1CC(NC(=O)[C@H](N)c2ccc(O)cc2)C1=O.O=C(O)C(F)(F)F. The molecule has 0 aromatic heterocycles. The van der Waals surface area contributed by atoms with E-state index in [9.17, 15) is 37.8 Å². The molecule has 2 amide bonds. The fourth-order valence-electron chi connectivity index (χ4n) is 2.64. The second kappa shape index (κ2) is 11.3. The van der Waals surface area contributed by atoms with Crippen molar-refractivity contribution >= 4 is 23.8 Å². The molecular weight excluding hydrogens is 455 g/mol. The number of carbonyl (C=O) groups is 4. The average molecular weight is 477 g/mol. The van der Waals surface area contributed by atoms with Crippen LogP contribution in [0.2, 0.25) is 0 Å². The van der Waals surface area contributed by atoms with E-state index in [1.54, 1.807) is 6.92 Å². The molecule has 0 saturated carbocycles. The number of carboxylic acid groups (broad SMARTS) is 2. The molecule has 1 heterocycles. The number of alkyl halides is 3. The minimum atomic E-state index is -5.08. The summed E-state index contributed by atoms with van der Waals surface area (Å²) in [5.74, 6) is -5.04. The molecule has 1 fully saturated rings. The van der Waals surface area contributed by atoms with Gasteiger partial charge in [0.05, 0.1) is 13.2 Å². The number of hydrogen-bond acceptors (Lipinski definition) is 7. The molecule has 2 atom stereocenters. The minimum absolute atomic E-state index is 0.0373. The van der Waals surface area contributed by atoms with Gasteiger partial charge in [-0.1, -0.05) is 12.1 Å². The van der Waals surface area contributed by atoms with Gasteiger partial charge in [0, 0.05) is 7.11 Å². The van der Waals surface area contributed by atoms with Gasteiger partial charge >= 0.3 is 18.1 Å². The van der Waals surface area contributed by atoms with Crippen molar-refractivity contribution in [2.24, 2.45) is 5.73 Å². The zero-order valence-corrected chi connectivity index (χ0v) is 17.4. The number of aliphatic carboxylic acids is 2. The predicted molar refractivity (Wildman–Crippen MR) is 105 cm³/mol. The molecule has 0 radical (unpaired) electrons. The van der Waals surface area contributed by atoms with Crippen LogP contribution < -0.4 is 11.1 Å². The molecule has 0 bridgehead atoms. The number of aromatic hydroxyl groups is 1. The lowest BCUT2D eigenvalue weighted by Crippen LogP contribution is -2.64. The highest BCUT2D eigenvalue weighted by atomic mass is 19.4. The summed E-state index contributed by atoms with van der Waals surface area (Å²) in [6.45, 7) is 1.68. The summed E-state index contributed by atoms with van der Waals surface area (Å²) in [6, 6.07) is 3.97. The van der Waals surface area contributed by atoms with E-state index in [1.165, 1.54) is 31.4 Å². The van der Waals surface area contributed by atoms with Gasteiger partial charge in [0.15, 0.2) is 0 Å². The number of methoxy groups -OCH3 is 1. The molecule has 6 N–H and O–H groups in total. The third-order valence-corrected chi connectivity index (χ3v) is 4.26. The number of likely N-dealkylation sites (tertiary alicyclic amines) is 1. The minimum Gasteiger partial charge on any atom is -0.508 e. The molecule has 1 aromatic rings. The van der Waals surface area contributed by atoms with Crippen molar-refractivity contribution in [3.63, 3.8) is 0 Å². The molecular formula is C19H22F3N3O8. The first-order valence-electron chi connectivity index (χ1n) is 9.09. The monoisotopic (exact) mass is 477 g/mol. The van der Waals surface area contributed by atoms with Gasteiger partial charge in [0.1, 0.15) is 23.5 Å². The number of phenols is 1. The van der Waals surface area contributed by atoms with E-state index in [0.29, 0.717) is 11.1 Å². The van der Waals surface area contributed by atoms with Crippen molar-refractivity contribution in [1.82, 2.24) is 10.2 Å². The normalized spacial score (nSPS) is 17.1. The maximum absolute atomic E-state index is 12.3. The maximum Gasteiger partial charge on any atom is 0.490 e. The number of hydrogen-bond donors (Lipinski definition) is 5. The molecule has 0 spiro atoms. The van der Waals surface area contributed by atoms with Gasteiger partial charge in [0.2, 0.25) is 5.91 Å². The van der Waals surface area contributed by atoms with E-state index in [1.807, 2.05) is 0 Å². The summed E-state index contributed by atoms with van der Waals surface area (Å²) in [5.41, 5.74) is 6.58. The van der Waals surface area contributed by atoms with Crippen molar-refractivity contribution in [2.45, 2.75) is 25.2 Å². The van der Waals surface area contributed by atoms with Crippen molar-refractivity contribution in [1.29, 1.82) is 0 Å². The fraction of sp³-hybridized carbons (Fsp3) is 0.368. The summed E-state index contributed by atoms with van der Waals surface area (Å²) < 4.78 is 36.6. The van der Waals surface area contributed by atoms with Gasteiger partial charge in [-0.25, -0.2) is 9.59 Å². The number of nitrogens with zero attached hydrogens (tertiary/aromatic N) is 1. The maximum atomic E-state index is 12.3. The molecule has 0 aliphatic carbocycles. The molecule has 1 aliphatic heterocycles. The van der Waals surface area contributed by atoms with Gasteiger partial charge in [-0.3, -0.25) is 9.59 Å². The van der Waals surface area contributed by atoms with E-state index in [2.05, 4.69) is 5.32 Å². The zero-order valence-electron chi connectivity index (χ0n) is 17.4. The number of rotatable bonds is 7. The lowest BCUT2D eigenvalue weighted by molar-refractivity contribution is -0.192. The number of halogens is 3. The van der Waals surface area contributed by atoms with Gasteiger partial charge in [-0.15, -0.1) is 0 Å². The van der Waals surface area contributed by atoms with Crippen LogP contribution >= 0.6 is 0 Å². The van der Waals surface area contributed by atoms with E-state index in [0.717, 1.165) is 4.90 Å². The summed E-state index contributed by atoms with van der Waals surface area (Å²) in [7, 11) is 1.43. The van der Waals surface area contributed by atoms with Crippen molar-refractivity contribution in [2.75, 3.05) is 20.3 Å². The number of ether oxygens (including phenoxy) is 1. The number of amides is 2. The number of nitrogens with one attached hydrogen (secondary N) is 1. The Balaban J connectivity index is 0.000000675. The molecule has 33 heavy (non-hydrogen) atoms. The molecule has 2 rings (SSSR count). The zero-order chi connectivity index (χ0) is 25.5. The highest BCUT2D eigenvalue weighted by molar-refractivity contribution is 6.00. The number of β-lactam (4-membered cyclic amide) rings is 1. The van der Waals surface area contributed by atoms with Gasteiger partial charge in [0.25, 0.3) is 5.91 Å². The molecule has 182 valence electrons. The first-order chi connectivity index (χ1) is 15.2. The molecule has 1 aliphatic rings. The highest BCUT2D eigenvalue weighted by Crippen LogP contribution is 2.22. The molecule has 11 nitrogen and oxygen atoms in total. The van der Waals surface area contributed by atoms with Crippen LogP contribution in [0.1, 0.15) is 18.5 Å². The largest absolute Gasteiger partial charge is 0.508 e. The van der Waals surface area contributed by atoms with Crippen LogP contribution in [0, 0.1) is 0 Å². The summed E-state index contributed by atoms with van der Waals surface area (Å²) >= 11 is 0. The second-order valence-electron chi connectivity index (χ2n) is 6.75. The van der Waals surface area contributed by atoms with Crippen LogP contribution in [0.15, 0.2) is 35.5 Å². The first-order valence-corrected chi connectivity index (χ1v) is 9.09. The Morgan fingerprint density at radius 2 is 1.76 bits per heavy atom. The molecule has 1 aromatic carbocycles. The summed E-state index contributed by atoms with van der Waals surface area (Å²) in [4.78, 5) is 45.9. The topological polar surface area (TPSA) is 179 Å². The Labute approximate surface area is 185 Å². The van der Waals surface area contributed by atoms with Crippen LogP contribution in [0.25, 0.3) is 0 Å². The fourth-order valence-corrected chi connectivity index (χ4v) is 2.64. The Bertz CT molecular complexity index is 931. The quantitative estimate of drug-likeness (QED) is 0.274. The second-order valence-corrected chi connectivity index (χ2v) is 6.75. The Morgan fingerprint density at radius 1 is 1.24 bits per heavy atom. The van der Waals surface area contributed by atoms with Crippen LogP contribution in [0.3, 0.4) is 0 Å². The lowest BCUT2D eigenvalue weighted by Gasteiger charge is -2.39. The molecule has 1 saturated heterocycles. The van der Waals surface area contributed by atoms with Crippen molar-refractivity contribution < 1.29 is 52.4 Å².